The van der Waals surface area contributed by atoms with Gasteiger partial charge in [0.15, 0.2) is 0 Å². The first-order valence-electron chi connectivity index (χ1n) is 9.03. The van der Waals surface area contributed by atoms with Crippen LogP contribution in [-0.4, -0.2) is 25.7 Å². The summed E-state index contributed by atoms with van der Waals surface area (Å²) in [5.41, 5.74) is 5.44. The van der Waals surface area contributed by atoms with E-state index in [-0.39, 0.29) is 11.8 Å². The van der Waals surface area contributed by atoms with Crippen molar-refractivity contribution in [3.05, 3.63) is 77.2 Å². The summed E-state index contributed by atoms with van der Waals surface area (Å²) in [4.78, 5) is 17.1. The number of carbonyl (C=O) groups excluding carboxylic acids is 1. The summed E-state index contributed by atoms with van der Waals surface area (Å²) in [5.74, 6) is 1.43. The van der Waals surface area contributed by atoms with Crippen molar-refractivity contribution in [1.29, 1.82) is 0 Å². The van der Waals surface area contributed by atoms with Crippen molar-refractivity contribution in [3.8, 4) is 0 Å². The number of anilines is 1. The van der Waals surface area contributed by atoms with Gasteiger partial charge in [-0.25, -0.2) is 4.98 Å². The predicted molar refractivity (Wildman–Crippen MR) is 104 cm³/mol. The molecule has 1 amide bonds. The summed E-state index contributed by atoms with van der Waals surface area (Å²) < 4.78 is 2.22. The van der Waals surface area contributed by atoms with Crippen LogP contribution in [0.2, 0.25) is 0 Å². The number of rotatable bonds is 3. The van der Waals surface area contributed by atoms with Gasteiger partial charge in [-0.05, 0) is 24.6 Å². The van der Waals surface area contributed by atoms with Crippen molar-refractivity contribution < 1.29 is 4.79 Å². The number of hydrogen-bond donors (Lipinski definition) is 2. The number of hydrogen-bond acceptors (Lipinski definition) is 3. The molecule has 1 atom stereocenters. The molecule has 0 saturated carbocycles. The lowest BCUT2D eigenvalue weighted by atomic mass is 9.93. The molecule has 2 aromatic carbocycles. The molecule has 2 N–H and O–H groups in total. The molecule has 0 unspecified atom stereocenters. The number of aromatic nitrogens is 4. The third kappa shape index (κ3) is 2.70. The lowest BCUT2D eigenvalue weighted by Crippen LogP contribution is -2.25. The fourth-order valence-corrected chi connectivity index (χ4v) is 3.78. The number of nitrogens with zero attached hydrogens (tertiary/aromatic N) is 3. The molecule has 4 aromatic rings. The summed E-state index contributed by atoms with van der Waals surface area (Å²) >= 11 is 0. The van der Waals surface area contributed by atoms with E-state index in [0.717, 1.165) is 22.4 Å². The lowest BCUT2D eigenvalue weighted by Gasteiger charge is -2.22. The Kier molecular flexibility index (Phi) is 3.57. The number of carbonyl (C=O) groups is 1. The van der Waals surface area contributed by atoms with Crippen LogP contribution in [0.15, 0.2) is 54.7 Å². The Morgan fingerprint density at radius 1 is 1.15 bits per heavy atom. The zero-order valence-corrected chi connectivity index (χ0v) is 14.9. The molecule has 0 bridgehead atoms. The third-order valence-corrected chi connectivity index (χ3v) is 5.16. The van der Waals surface area contributed by atoms with Gasteiger partial charge in [0.25, 0.3) is 0 Å². The van der Waals surface area contributed by atoms with E-state index in [2.05, 4.69) is 57.3 Å². The van der Waals surface area contributed by atoms with Crippen LogP contribution in [0, 0.1) is 6.92 Å². The number of nitrogens with one attached hydrogen (secondary N) is 2. The first-order chi connectivity index (χ1) is 13.2. The van der Waals surface area contributed by atoms with Crippen LogP contribution in [-0.2, 0) is 11.3 Å². The van der Waals surface area contributed by atoms with Gasteiger partial charge in [0.1, 0.15) is 11.6 Å². The summed E-state index contributed by atoms with van der Waals surface area (Å²) in [6.45, 7) is 2.80. The fourth-order valence-electron chi connectivity index (χ4n) is 3.78. The Labute approximate surface area is 156 Å². The van der Waals surface area contributed by atoms with Gasteiger partial charge in [-0.2, -0.15) is 5.10 Å². The topological polar surface area (TPSA) is 75.6 Å². The average molecular weight is 357 g/mol. The van der Waals surface area contributed by atoms with Crippen LogP contribution in [0.4, 0.5) is 5.82 Å². The van der Waals surface area contributed by atoms with Crippen LogP contribution >= 0.6 is 0 Å². The van der Waals surface area contributed by atoms with E-state index in [9.17, 15) is 4.79 Å². The van der Waals surface area contributed by atoms with E-state index in [1.54, 1.807) is 6.20 Å². The maximum absolute atomic E-state index is 12.2. The van der Waals surface area contributed by atoms with E-state index in [1.807, 2.05) is 18.2 Å². The number of aromatic amines is 1. The first-order valence-corrected chi connectivity index (χ1v) is 9.03. The number of aryl methyl sites for hydroxylation is 1. The van der Waals surface area contributed by atoms with Crippen LogP contribution in [0.1, 0.15) is 34.9 Å². The minimum absolute atomic E-state index is 0.0225. The van der Waals surface area contributed by atoms with E-state index in [4.69, 9.17) is 4.98 Å². The Morgan fingerprint density at radius 2 is 1.96 bits per heavy atom. The summed E-state index contributed by atoms with van der Waals surface area (Å²) in [7, 11) is 0. The van der Waals surface area contributed by atoms with Crippen molar-refractivity contribution in [3.63, 3.8) is 0 Å². The van der Waals surface area contributed by atoms with Crippen molar-refractivity contribution in [2.24, 2.45) is 0 Å². The average Bonchev–Trinajstić information content (AvgIpc) is 3.28. The molecule has 6 heteroatoms. The van der Waals surface area contributed by atoms with Gasteiger partial charge in [-0.3, -0.25) is 9.89 Å². The highest BCUT2D eigenvalue weighted by Gasteiger charge is 2.32. The van der Waals surface area contributed by atoms with Gasteiger partial charge in [0.05, 0.1) is 23.1 Å². The smallest absolute Gasteiger partial charge is 0.226 e. The molecule has 0 fully saturated rings. The quantitative estimate of drug-likeness (QED) is 0.588. The number of benzene rings is 2. The molecule has 2 aromatic heterocycles. The summed E-state index contributed by atoms with van der Waals surface area (Å²) in [5, 5.41) is 9.85. The molecule has 5 rings (SSSR count). The van der Waals surface area contributed by atoms with E-state index in [0.29, 0.717) is 18.8 Å². The maximum Gasteiger partial charge on any atom is 0.226 e. The second kappa shape index (κ2) is 6.09. The molecule has 1 aliphatic heterocycles. The second-order valence-electron chi connectivity index (χ2n) is 7.04. The summed E-state index contributed by atoms with van der Waals surface area (Å²) in [6.07, 6.45) is 2.15. The molecule has 3 heterocycles. The monoisotopic (exact) mass is 357 g/mol. The summed E-state index contributed by atoms with van der Waals surface area (Å²) in [6, 6.07) is 16.6. The molecular weight excluding hydrogens is 338 g/mol. The molecule has 27 heavy (non-hydrogen) atoms. The molecule has 0 saturated heterocycles. The third-order valence-electron chi connectivity index (χ3n) is 5.16. The minimum Gasteiger partial charge on any atom is -0.323 e. The maximum atomic E-state index is 12.2. The van der Waals surface area contributed by atoms with Gasteiger partial charge in [0, 0.05) is 18.5 Å². The SMILES string of the molecule is Cc1ccc(Cn2c([C@H]3CC(=O)Nc4[nH]ncc43)nc3ccccc32)cc1. The van der Waals surface area contributed by atoms with Gasteiger partial charge >= 0.3 is 0 Å². The first kappa shape index (κ1) is 15.8. The van der Waals surface area contributed by atoms with Crippen LogP contribution in [0.3, 0.4) is 0 Å². The van der Waals surface area contributed by atoms with Crippen molar-refractivity contribution >= 4 is 22.8 Å². The van der Waals surface area contributed by atoms with Crippen LogP contribution in [0.5, 0.6) is 0 Å². The zero-order valence-electron chi connectivity index (χ0n) is 14.9. The molecular formula is C21H19N5O. The molecule has 0 radical (unpaired) electrons. The number of fused-ring (bicyclic) bond motifs is 2. The lowest BCUT2D eigenvalue weighted by molar-refractivity contribution is -0.116. The molecule has 1 aliphatic rings. The van der Waals surface area contributed by atoms with Crippen molar-refractivity contribution in [1.82, 2.24) is 19.7 Å². The largest absolute Gasteiger partial charge is 0.323 e. The number of para-hydroxylation sites is 2. The van der Waals surface area contributed by atoms with Crippen molar-refractivity contribution in [2.45, 2.75) is 25.8 Å². The van der Waals surface area contributed by atoms with Crippen molar-refractivity contribution in [2.75, 3.05) is 5.32 Å². The van der Waals surface area contributed by atoms with Gasteiger partial charge in [-0.15, -0.1) is 0 Å². The Bertz CT molecular complexity index is 1140. The highest BCUT2D eigenvalue weighted by Crippen LogP contribution is 2.36. The van der Waals surface area contributed by atoms with E-state index >= 15 is 0 Å². The second-order valence-corrected chi connectivity index (χ2v) is 7.04. The highest BCUT2D eigenvalue weighted by atomic mass is 16.1. The Balaban J connectivity index is 1.66. The Morgan fingerprint density at radius 3 is 2.81 bits per heavy atom. The highest BCUT2D eigenvalue weighted by molar-refractivity contribution is 5.94. The van der Waals surface area contributed by atoms with E-state index < -0.39 is 0 Å². The number of H-pyrrole nitrogens is 1. The Hall–Kier alpha value is -3.41. The normalized spacial score (nSPS) is 16.3. The predicted octanol–water partition coefficient (Wildman–Crippen LogP) is 3.59. The molecule has 134 valence electrons. The van der Waals surface area contributed by atoms with Crippen LogP contribution in [0.25, 0.3) is 11.0 Å². The minimum atomic E-state index is -0.120. The van der Waals surface area contributed by atoms with E-state index in [1.165, 1.54) is 11.1 Å². The molecule has 6 nitrogen and oxygen atoms in total. The number of imidazole rings is 1. The zero-order chi connectivity index (χ0) is 18.4. The van der Waals surface area contributed by atoms with Gasteiger partial charge in [0.2, 0.25) is 5.91 Å². The van der Waals surface area contributed by atoms with Gasteiger partial charge in [-0.1, -0.05) is 42.0 Å². The number of amides is 1. The molecule has 0 aliphatic carbocycles. The van der Waals surface area contributed by atoms with Gasteiger partial charge < -0.3 is 9.88 Å². The fraction of sp³-hybridized carbons (Fsp3) is 0.190. The molecule has 0 spiro atoms. The standard InChI is InChI=1S/C21H19N5O/c1-13-6-8-14(9-7-13)12-26-18-5-3-2-4-17(18)23-21(26)15-10-19(27)24-20-16(15)11-22-25-20/h2-9,11,15H,10,12H2,1H3,(H2,22,24,25,27)/t15-/m0/s1. The van der Waals surface area contributed by atoms with Crippen LogP contribution < -0.4 is 5.32 Å².